The molecule has 0 fully saturated rings. The molecule has 2 aromatic rings. The minimum absolute atomic E-state index is 0.0796. The second kappa shape index (κ2) is 12.4. The predicted molar refractivity (Wildman–Crippen MR) is 136 cm³/mol. The Labute approximate surface area is 201 Å². The molecule has 2 aromatic carbocycles. The Morgan fingerprint density at radius 3 is 2.68 bits per heavy atom. The van der Waals surface area contributed by atoms with Gasteiger partial charge in [-0.2, -0.15) is 0 Å². The number of ether oxygens (including phenoxy) is 2. The fraction of sp³-hybridized carbons (Fsp3) is 0.241. The van der Waals surface area contributed by atoms with Gasteiger partial charge >= 0.3 is 0 Å². The largest absolute Gasteiger partial charge is 0.501 e. The fourth-order valence-electron chi connectivity index (χ4n) is 3.48. The van der Waals surface area contributed by atoms with Crippen LogP contribution in [0.15, 0.2) is 90.9 Å². The molecule has 1 atom stereocenters. The first-order valence-corrected chi connectivity index (χ1v) is 11.5. The van der Waals surface area contributed by atoms with E-state index in [2.05, 4.69) is 18.8 Å². The Bertz CT molecular complexity index is 1110. The van der Waals surface area contributed by atoms with Crippen LogP contribution in [0.5, 0.6) is 5.75 Å². The van der Waals surface area contributed by atoms with Gasteiger partial charge in [-0.1, -0.05) is 62.4 Å². The Balaban J connectivity index is 1.80. The first-order valence-electron chi connectivity index (χ1n) is 11.5. The number of rotatable bonds is 11. The van der Waals surface area contributed by atoms with Crippen molar-refractivity contribution in [3.63, 3.8) is 0 Å². The molecule has 0 radical (unpaired) electrons. The van der Waals surface area contributed by atoms with Gasteiger partial charge in [0, 0.05) is 17.2 Å². The van der Waals surface area contributed by atoms with Crippen molar-refractivity contribution in [3.05, 3.63) is 108 Å². The van der Waals surface area contributed by atoms with Gasteiger partial charge in [0.15, 0.2) is 6.29 Å². The SMILES string of the molecule is C=C(NC(=O)c1cc(C2C=COC2)ccc1OCCCC)/C(C=O)=C\C=C(/C)c1ccccc1. The summed E-state index contributed by atoms with van der Waals surface area (Å²) in [6.07, 6.45) is 9.69. The third-order valence-electron chi connectivity index (χ3n) is 5.60. The molecule has 176 valence electrons. The molecule has 0 bridgehead atoms. The molecule has 0 saturated carbocycles. The molecule has 3 rings (SSSR count). The van der Waals surface area contributed by atoms with Gasteiger partial charge in [-0.3, -0.25) is 9.59 Å². The van der Waals surface area contributed by atoms with Gasteiger partial charge in [-0.25, -0.2) is 0 Å². The fourth-order valence-corrected chi connectivity index (χ4v) is 3.48. The molecular weight excluding hydrogens is 426 g/mol. The Morgan fingerprint density at radius 2 is 2.00 bits per heavy atom. The van der Waals surface area contributed by atoms with Crippen molar-refractivity contribution in [2.75, 3.05) is 13.2 Å². The number of carbonyl (C=O) groups excluding carboxylic acids is 2. The minimum Gasteiger partial charge on any atom is -0.501 e. The number of unbranched alkanes of at least 4 members (excludes halogenated alkanes) is 1. The van der Waals surface area contributed by atoms with Crippen LogP contribution in [-0.4, -0.2) is 25.4 Å². The standard InChI is InChI=1S/C29H31NO4/c1-4-5-16-34-28-14-13-24(26-15-17-33-20-26)18-27(28)29(32)30-22(3)25(19-31)12-11-21(2)23-9-7-6-8-10-23/h6-15,17-19,26H,3-5,16,20H2,1-2H3,(H,30,32)/b21-11+,25-12-. The van der Waals surface area contributed by atoms with Gasteiger partial charge < -0.3 is 14.8 Å². The summed E-state index contributed by atoms with van der Waals surface area (Å²) < 4.78 is 11.2. The van der Waals surface area contributed by atoms with Crippen LogP contribution in [-0.2, 0) is 9.53 Å². The summed E-state index contributed by atoms with van der Waals surface area (Å²) in [5.41, 5.74) is 3.92. The number of hydrogen-bond acceptors (Lipinski definition) is 4. The van der Waals surface area contributed by atoms with Crippen molar-refractivity contribution in [2.24, 2.45) is 0 Å². The summed E-state index contributed by atoms with van der Waals surface area (Å²) in [7, 11) is 0. The van der Waals surface area contributed by atoms with Gasteiger partial charge in [0.05, 0.1) is 25.0 Å². The highest BCUT2D eigenvalue weighted by Gasteiger charge is 2.20. The summed E-state index contributed by atoms with van der Waals surface area (Å²) in [4.78, 5) is 24.9. The second-order valence-electron chi connectivity index (χ2n) is 8.11. The van der Waals surface area contributed by atoms with Gasteiger partial charge in [-0.05, 0) is 54.3 Å². The summed E-state index contributed by atoms with van der Waals surface area (Å²) in [6.45, 7) is 9.01. The van der Waals surface area contributed by atoms with E-state index < -0.39 is 0 Å². The van der Waals surface area contributed by atoms with Crippen molar-refractivity contribution in [1.82, 2.24) is 5.32 Å². The summed E-state index contributed by atoms with van der Waals surface area (Å²) in [5, 5.41) is 2.77. The summed E-state index contributed by atoms with van der Waals surface area (Å²) >= 11 is 0. The van der Waals surface area contributed by atoms with Crippen LogP contribution in [0.25, 0.3) is 5.57 Å². The molecule has 5 heteroatoms. The van der Waals surface area contributed by atoms with E-state index in [0.29, 0.717) is 36.4 Å². The highest BCUT2D eigenvalue weighted by molar-refractivity contribution is 5.99. The van der Waals surface area contributed by atoms with Crippen LogP contribution < -0.4 is 10.1 Å². The Kier molecular flexibility index (Phi) is 9.04. The van der Waals surface area contributed by atoms with E-state index in [-0.39, 0.29) is 17.5 Å². The second-order valence-corrected chi connectivity index (χ2v) is 8.11. The molecule has 0 aliphatic carbocycles. The average molecular weight is 458 g/mol. The van der Waals surface area contributed by atoms with Gasteiger partial charge in [0.2, 0.25) is 0 Å². The van der Waals surface area contributed by atoms with Crippen LogP contribution in [0.2, 0.25) is 0 Å². The van der Waals surface area contributed by atoms with E-state index in [0.717, 1.165) is 29.5 Å². The predicted octanol–water partition coefficient (Wildman–Crippen LogP) is 5.97. The normalized spacial score (nSPS) is 15.5. The first kappa shape index (κ1) is 24.8. The van der Waals surface area contributed by atoms with Crippen molar-refractivity contribution in [3.8, 4) is 5.75 Å². The zero-order valence-electron chi connectivity index (χ0n) is 19.8. The van der Waals surface area contributed by atoms with Crippen molar-refractivity contribution < 1.29 is 19.1 Å². The number of amides is 1. The summed E-state index contributed by atoms with van der Waals surface area (Å²) in [6, 6.07) is 15.4. The quantitative estimate of drug-likeness (QED) is 0.196. The van der Waals surface area contributed by atoms with E-state index in [1.165, 1.54) is 0 Å². The van der Waals surface area contributed by atoms with E-state index in [9.17, 15) is 9.59 Å². The number of allylic oxidation sites excluding steroid dienone is 4. The van der Waals surface area contributed by atoms with Crippen molar-refractivity contribution in [2.45, 2.75) is 32.6 Å². The molecule has 1 aliphatic heterocycles. The molecule has 34 heavy (non-hydrogen) atoms. The van der Waals surface area contributed by atoms with Gasteiger partial charge in [0.25, 0.3) is 5.91 Å². The Hall–Kier alpha value is -3.86. The maximum absolute atomic E-state index is 13.2. The number of hydrogen-bond donors (Lipinski definition) is 1. The summed E-state index contributed by atoms with van der Waals surface area (Å²) in [5.74, 6) is 0.204. The zero-order chi connectivity index (χ0) is 24.3. The molecule has 0 spiro atoms. The lowest BCUT2D eigenvalue weighted by Crippen LogP contribution is -2.24. The number of nitrogens with one attached hydrogen (secondary N) is 1. The maximum Gasteiger partial charge on any atom is 0.259 e. The van der Waals surface area contributed by atoms with Gasteiger partial charge in [0.1, 0.15) is 5.75 Å². The van der Waals surface area contributed by atoms with Crippen LogP contribution in [0.3, 0.4) is 0 Å². The van der Waals surface area contributed by atoms with E-state index in [1.54, 1.807) is 12.3 Å². The number of benzene rings is 2. The van der Waals surface area contributed by atoms with Crippen LogP contribution >= 0.6 is 0 Å². The number of aldehydes is 1. The minimum atomic E-state index is -0.377. The molecule has 1 aliphatic rings. The first-order chi connectivity index (χ1) is 16.5. The number of carbonyl (C=O) groups is 2. The highest BCUT2D eigenvalue weighted by Crippen LogP contribution is 2.28. The molecule has 0 aromatic heterocycles. The molecule has 5 nitrogen and oxygen atoms in total. The third-order valence-corrected chi connectivity index (χ3v) is 5.60. The molecule has 1 unspecified atom stereocenters. The zero-order valence-corrected chi connectivity index (χ0v) is 19.8. The lowest BCUT2D eigenvalue weighted by Gasteiger charge is -2.16. The van der Waals surface area contributed by atoms with Gasteiger partial charge in [-0.15, -0.1) is 0 Å². The maximum atomic E-state index is 13.2. The lowest BCUT2D eigenvalue weighted by molar-refractivity contribution is -0.104. The van der Waals surface area contributed by atoms with Crippen LogP contribution in [0.1, 0.15) is 54.1 Å². The topological polar surface area (TPSA) is 64.6 Å². The van der Waals surface area contributed by atoms with Crippen molar-refractivity contribution in [1.29, 1.82) is 0 Å². The lowest BCUT2D eigenvalue weighted by atomic mass is 9.98. The third kappa shape index (κ3) is 6.58. The molecule has 1 amide bonds. The molecular formula is C29H31NO4. The molecule has 1 heterocycles. The smallest absolute Gasteiger partial charge is 0.259 e. The average Bonchev–Trinajstić information content (AvgIpc) is 3.40. The van der Waals surface area contributed by atoms with Crippen molar-refractivity contribution >= 4 is 17.8 Å². The van der Waals surface area contributed by atoms with Crippen LogP contribution in [0, 0.1) is 0 Å². The molecule has 1 N–H and O–H groups in total. The van der Waals surface area contributed by atoms with E-state index in [4.69, 9.17) is 9.47 Å². The van der Waals surface area contributed by atoms with E-state index >= 15 is 0 Å². The van der Waals surface area contributed by atoms with E-state index in [1.807, 2.05) is 67.6 Å². The highest BCUT2D eigenvalue weighted by atomic mass is 16.5. The van der Waals surface area contributed by atoms with Crippen LogP contribution in [0.4, 0.5) is 0 Å². The monoisotopic (exact) mass is 457 g/mol. The molecule has 0 saturated heterocycles. The Morgan fingerprint density at radius 1 is 1.21 bits per heavy atom.